The fourth-order valence-corrected chi connectivity index (χ4v) is 9.51. The summed E-state index contributed by atoms with van der Waals surface area (Å²) >= 11 is 1.48. The summed E-state index contributed by atoms with van der Waals surface area (Å²) in [5, 5.41) is 15.0. The van der Waals surface area contributed by atoms with E-state index < -0.39 is 11.0 Å². The maximum absolute atomic E-state index is 13.3. The first-order valence-electron chi connectivity index (χ1n) is 17.6. The van der Waals surface area contributed by atoms with Gasteiger partial charge in [0.05, 0.1) is 16.5 Å². The highest BCUT2D eigenvalue weighted by atomic mass is 32.1. The summed E-state index contributed by atoms with van der Waals surface area (Å²) < 4.78 is 18.4. The smallest absolute Gasteiger partial charge is 0.410 e. The van der Waals surface area contributed by atoms with Crippen LogP contribution >= 0.6 is 11.3 Å². The van der Waals surface area contributed by atoms with Gasteiger partial charge < -0.3 is 24.6 Å². The van der Waals surface area contributed by atoms with Gasteiger partial charge in [0.25, 0.3) is 0 Å². The fraction of sp³-hybridized carbons (Fsp3) is 0.639. The molecular weight excluding hydrogens is 641 g/mol. The summed E-state index contributed by atoms with van der Waals surface area (Å²) in [6.45, 7) is 12.8. The van der Waals surface area contributed by atoms with Gasteiger partial charge in [-0.15, -0.1) is 11.3 Å². The van der Waals surface area contributed by atoms with Crippen LogP contribution in [0, 0.1) is 11.3 Å². The van der Waals surface area contributed by atoms with Crippen LogP contribution in [0.3, 0.4) is 0 Å². The lowest BCUT2D eigenvalue weighted by Crippen LogP contribution is -2.67. The van der Waals surface area contributed by atoms with Crippen LogP contribution in [-0.2, 0) is 16.6 Å². The molecule has 2 N–H and O–H groups in total. The molecule has 12 nitrogen and oxygen atoms in total. The number of likely N-dealkylation sites (tertiary alicyclic amines) is 1. The van der Waals surface area contributed by atoms with Crippen LogP contribution in [0.15, 0.2) is 16.7 Å². The van der Waals surface area contributed by atoms with Gasteiger partial charge in [-0.25, -0.2) is 9.78 Å². The topological polar surface area (TPSA) is 147 Å². The molecule has 2 aliphatic heterocycles. The molecule has 3 fully saturated rings. The van der Waals surface area contributed by atoms with Crippen molar-refractivity contribution in [3.05, 3.63) is 34.0 Å². The Morgan fingerprint density at radius 2 is 1.96 bits per heavy atom. The molecule has 3 atom stereocenters. The molecular formula is C36H48N8O4S. The second-order valence-corrected chi connectivity index (χ2v) is 16.7. The third-order valence-electron chi connectivity index (χ3n) is 11.0. The number of amides is 1. The van der Waals surface area contributed by atoms with Crippen LogP contribution in [-0.4, -0.2) is 87.5 Å². The predicted molar refractivity (Wildman–Crippen MR) is 188 cm³/mol. The van der Waals surface area contributed by atoms with Crippen molar-refractivity contribution in [3.8, 4) is 23.5 Å². The Hall–Kier alpha value is -3.89. The van der Waals surface area contributed by atoms with Gasteiger partial charge in [0.15, 0.2) is 0 Å². The van der Waals surface area contributed by atoms with E-state index in [9.17, 15) is 10.1 Å². The number of piperazine rings is 1. The van der Waals surface area contributed by atoms with E-state index in [1.54, 1.807) is 0 Å². The van der Waals surface area contributed by atoms with E-state index in [0.29, 0.717) is 59.5 Å². The minimum Gasteiger partial charge on any atom is -0.473 e. The summed E-state index contributed by atoms with van der Waals surface area (Å²) in [4.78, 5) is 30.9. The molecule has 2 saturated heterocycles. The molecule has 4 aliphatic rings. The van der Waals surface area contributed by atoms with E-state index in [4.69, 9.17) is 29.7 Å². The molecule has 3 aromatic rings. The van der Waals surface area contributed by atoms with Crippen molar-refractivity contribution in [2.75, 3.05) is 43.9 Å². The molecule has 0 bridgehead atoms. The van der Waals surface area contributed by atoms with E-state index in [1.165, 1.54) is 11.3 Å². The number of likely N-dealkylation sites (N-methyl/N-ethyl adjacent to an activating group) is 1. The van der Waals surface area contributed by atoms with Gasteiger partial charge >= 0.3 is 6.09 Å². The number of carbonyl (C=O) groups is 1. The van der Waals surface area contributed by atoms with Crippen molar-refractivity contribution in [2.24, 2.45) is 0 Å². The number of fused-ring (bicyclic) bond motifs is 1. The van der Waals surface area contributed by atoms with Gasteiger partial charge in [0, 0.05) is 47.9 Å². The Labute approximate surface area is 292 Å². The van der Waals surface area contributed by atoms with Gasteiger partial charge in [-0.1, -0.05) is 5.16 Å². The Bertz CT molecular complexity index is 1770. The van der Waals surface area contributed by atoms with E-state index in [1.807, 2.05) is 37.8 Å². The standard InChI is InChI=1S/C36H48N8O4S/c1-22(26-10-8-15-42(26)6)46-28-19-23(43-16-17-44(33(45)47-34(2,3)4)36(21-43)13-9-14-36)18-25(39-28)31-40-32(48-41-31)35(5)12-7-11-27-29(35)24(20-37)30(38)49-27/h18-19,22,26H,7-17,21,38H2,1-6H3/t22-,26-,35-/m0/s1. The van der Waals surface area contributed by atoms with Crippen LogP contribution < -0.4 is 15.4 Å². The number of nitrogens with zero attached hydrogens (tertiary/aromatic N) is 7. The number of aromatic nitrogens is 3. The summed E-state index contributed by atoms with van der Waals surface area (Å²) in [5.41, 5.74) is 7.73. The number of nitriles is 1. The van der Waals surface area contributed by atoms with E-state index >= 15 is 0 Å². The van der Waals surface area contributed by atoms with E-state index in [-0.39, 0.29) is 17.7 Å². The van der Waals surface area contributed by atoms with Crippen molar-refractivity contribution < 1.29 is 18.8 Å². The number of nitrogens with two attached hydrogens (primary N) is 1. The van der Waals surface area contributed by atoms with Crippen LogP contribution in [0.1, 0.15) is 101 Å². The lowest BCUT2D eigenvalue weighted by atomic mass is 9.72. The van der Waals surface area contributed by atoms with Gasteiger partial charge in [0.2, 0.25) is 17.6 Å². The van der Waals surface area contributed by atoms with Crippen molar-refractivity contribution in [1.82, 2.24) is 24.9 Å². The zero-order valence-corrected chi connectivity index (χ0v) is 30.4. The van der Waals surface area contributed by atoms with Gasteiger partial charge in [-0.05, 0) is 106 Å². The van der Waals surface area contributed by atoms with Crippen molar-refractivity contribution in [3.63, 3.8) is 0 Å². The van der Waals surface area contributed by atoms with Crippen molar-refractivity contribution >= 4 is 28.1 Å². The fourth-order valence-electron chi connectivity index (χ4n) is 8.32. The minimum absolute atomic E-state index is 0.0704. The van der Waals surface area contributed by atoms with Crippen LogP contribution in [0.4, 0.5) is 15.5 Å². The molecule has 2 aliphatic carbocycles. The second-order valence-electron chi connectivity index (χ2n) is 15.6. The maximum atomic E-state index is 13.3. The second kappa shape index (κ2) is 12.5. The summed E-state index contributed by atoms with van der Waals surface area (Å²) in [6, 6.07) is 6.63. The number of pyridine rings is 1. The molecule has 1 amide bonds. The monoisotopic (exact) mass is 688 g/mol. The average Bonchev–Trinajstić information content (AvgIpc) is 3.78. The normalized spacial score (nSPS) is 24.3. The number of aryl methyl sites for hydroxylation is 1. The summed E-state index contributed by atoms with van der Waals surface area (Å²) in [7, 11) is 2.14. The Morgan fingerprint density at radius 3 is 2.63 bits per heavy atom. The molecule has 0 aromatic carbocycles. The molecule has 1 spiro atoms. The third-order valence-corrected chi connectivity index (χ3v) is 12.1. The SMILES string of the molecule is C[C@H](Oc1cc(N2CCN(C(=O)OC(C)(C)C)C3(CCC3)C2)cc(-c2noc([C@@]3(C)CCCc4sc(N)c(C#N)c43)n2)n1)[C@@H]1CCCN1C. The number of ether oxygens (including phenoxy) is 2. The van der Waals surface area contributed by atoms with Crippen molar-refractivity contribution in [1.29, 1.82) is 5.26 Å². The maximum Gasteiger partial charge on any atom is 0.410 e. The predicted octanol–water partition coefficient (Wildman–Crippen LogP) is 6.13. The molecule has 49 heavy (non-hydrogen) atoms. The zero-order chi connectivity index (χ0) is 34.7. The number of hydrogen-bond acceptors (Lipinski definition) is 12. The Kier molecular flexibility index (Phi) is 8.54. The summed E-state index contributed by atoms with van der Waals surface area (Å²) in [6.07, 6.45) is 7.43. The van der Waals surface area contributed by atoms with Gasteiger partial charge in [-0.3, -0.25) is 9.80 Å². The highest BCUT2D eigenvalue weighted by molar-refractivity contribution is 7.16. The molecule has 7 rings (SSSR count). The average molecular weight is 689 g/mol. The summed E-state index contributed by atoms with van der Waals surface area (Å²) in [5.74, 6) is 1.33. The highest BCUT2D eigenvalue weighted by Crippen LogP contribution is 2.49. The molecule has 3 aromatic heterocycles. The number of rotatable bonds is 6. The number of nitrogen functional groups attached to an aromatic ring is 1. The molecule has 262 valence electrons. The number of carbonyl (C=O) groups excluding carboxylic acids is 1. The first-order valence-corrected chi connectivity index (χ1v) is 18.4. The zero-order valence-electron chi connectivity index (χ0n) is 29.5. The first kappa shape index (κ1) is 33.6. The minimum atomic E-state index is -0.634. The van der Waals surface area contributed by atoms with Gasteiger partial charge in [-0.2, -0.15) is 10.2 Å². The molecule has 5 heterocycles. The lowest BCUT2D eigenvalue weighted by molar-refractivity contribution is -0.0310. The molecule has 0 unspecified atom stereocenters. The van der Waals surface area contributed by atoms with Crippen LogP contribution in [0.2, 0.25) is 0 Å². The lowest BCUT2D eigenvalue weighted by Gasteiger charge is -2.56. The van der Waals surface area contributed by atoms with E-state index in [2.05, 4.69) is 41.9 Å². The molecule has 13 heteroatoms. The first-order chi connectivity index (χ1) is 23.3. The number of anilines is 2. The van der Waals surface area contributed by atoms with E-state index in [0.717, 1.165) is 74.0 Å². The van der Waals surface area contributed by atoms with Crippen LogP contribution in [0.25, 0.3) is 11.5 Å². The third kappa shape index (κ3) is 6.11. The largest absolute Gasteiger partial charge is 0.473 e. The Balaban J connectivity index is 1.23. The number of thiophene rings is 1. The molecule has 0 radical (unpaired) electrons. The van der Waals surface area contributed by atoms with Crippen molar-refractivity contribution in [2.45, 2.75) is 115 Å². The highest BCUT2D eigenvalue weighted by Gasteiger charge is 2.50. The molecule has 1 saturated carbocycles. The number of hydrogen-bond donors (Lipinski definition) is 1. The van der Waals surface area contributed by atoms with Crippen LogP contribution in [0.5, 0.6) is 5.88 Å². The quantitative estimate of drug-likeness (QED) is 0.319. The Morgan fingerprint density at radius 1 is 1.16 bits per heavy atom. The van der Waals surface area contributed by atoms with Gasteiger partial charge in [0.1, 0.15) is 28.5 Å².